The van der Waals surface area contributed by atoms with Crippen LogP contribution in [0.25, 0.3) is 15.9 Å². The van der Waals surface area contributed by atoms with Gasteiger partial charge in [0.1, 0.15) is 17.6 Å². The first-order valence-corrected chi connectivity index (χ1v) is 9.17. The zero-order chi connectivity index (χ0) is 18.9. The van der Waals surface area contributed by atoms with E-state index in [1.807, 2.05) is 6.07 Å². The van der Waals surface area contributed by atoms with E-state index in [0.29, 0.717) is 21.9 Å². The molecule has 26 heavy (non-hydrogen) atoms. The van der Waals surface area contributed by atoms with Crippen molar-refractivity contribution in [2.45, 2.75) is 26.3 Å². The molecule has 0 radical (unpaired) electrons. The second kappa shape index (κ2) is 7.13. The number of aromatic nitrogens is 2. The Labute approximate surface area is 156 Å². The Bertz CT molecular complexity index is 991. The highest BCUT2D eigenvalue weighted by atomic mass is 32.1. The molecule has 3 rings (SSSR count). The van der Waals surface area contributed by atoms with Crippen LogP contribution >= 0.6 is 11.3 Å². The van der Waals surface area contributed by atoms with Gasteiger partial charge in [-0.1, -0.05) is 6.82 Å². The highest BCUT2D eigenvalue weighted by Crippen LogP contribution is 2.30. The first kappa shape index (κ1) is 18.5. The average molecular weight is 372 g/mol. The van der Waals surface area contributed by atoms with Crippen LogP contribution in [0.3, 0.4) is 0 Å². The molecule has 0 aliphatic carbocycles. The summed E-state index contributed by atoms with van der Waals surface area (Å²) in [5, 5.41) is 9.82. The largest absolute Gasteiger partial charge is 0.493 e. The standard InChI is InChI=1S/C18H21BN2O4S/c1-18(2,23)9-25-13-6-5-11(7-14(13)24-4)21-10-20-12-8-15(19-3)26-16(12)17(21)22/h5-8,10,19,23H,9H2,1-4H3. The van der Waals surface area contributed by atoms with Crippen LogP contribution in [0.15, 0.2) is 35.4 Å². The van der Waals surface area contributed by atoms with Crippen molar-refractivity contribution in [2.75, 3.05) is 13.7 Å². The Kier molecular flexibility index (Phi) is 5.07. The predicted octanol–water partition coefficient (Wildman–Crippen LogP) is 1.72. The predicted molar refractivity (Wildman–Crippen MR) is 106 cm³/mol. The number of methoxy groups -OCH3 is 1. The number of rotatable bonds is 6. The lowest BCUT2D eigenvalue weighted by molar-refractivity contribution is 0.0276. The minimum absolute atomic E-state index is 0.105. The third kappa shape index (κ3) is 3.76. The zero-order valence-electron chi connectivity index (χ0n) is 15.3. The van der Waals surface area contributed by atoms with Crippen LogP contribution < -0.4 is 19.8 Å². The topological polar surface area (TPSA) is 73.6 Å². The third-order valence-corrected chi connectivity index (χ3v) is 5.10. The van der Waals surface area contributed by atoms with Crippen molar-refractivity contribution in [3.05, 3.63) is 40.9 Å². The fourth-order valence-electron chi connectivity index (χ4n) is 2.50. The maximum absolute atomic E-state index is 12.8. The maximum atomic E-state index is 12.8. The first-order chi connectivity index (χ1) is 12.3. The summed E-state index contributed by atoms with van der Waals surface area (Å²) in [7, 11) is 2.41. The molecular weight excluding hydrogens is 351 g/mol. The van der Waals surface area contributed by atoms with Crippen molar-refractivity contribution in [2.24, 2.45) is 0 Å². The van der Waals surface area contributed by atoms with Crippen molar-refractivity contribution in [1.29, 1.82) is 0 Å². The van der Waals surface area contributed by atoms with Crippen molar-refractivity contribution >= 4 is 33.6 Å². The third-order valence-electron chi connectivity index (χ3n) is 3.84. The molecule has 0 aliphatic rings. The van der Waals surface area contributed by atoms with E-state index in [-0.39, 0.29) is 12.2 Å². The monoisotopic (exact) mass is 372 g/mol. The van der Waals surface area contributed by atoms with Crippen LogP contribution in [-0.2, 0) is 0 Å². The molecular formula is C18H21BN2O4S. The molecule has 0 aliphatic heterocycles. The minimum Gasteiger partial charge on any atom is -0.493 e. The SMILES string of the molecule is CBc1cc2ncn(-c3ccc(OCC(C)(C)O)c(OC)c3)c(=O)c2s1. The normalized spacial score (nSPS) is 11.6. The Morgan fingerprint density at radius 2 is 2.08 bits per heavy atom. The molecule has 0 atom stereocenters. The molecule has 2 heterocycles. The summed E-state index contributed by atoms with van der Waals surface area (Å²) < 4.78 is 14.3. The molecule has 6 nitrogen and oxygen atoms in total. The maximum Gasteiger partial charge on any atom is 0.275 e. The molecule has 0 amide bonds. The van der Waals surface area contributed by atoms with Gasteiger partial charge in [0.15, 0.2) is 18.8 Å². The summed E-state index contributed by atoms with van der Waals surface area (Å²) >= 11 is 1.48. The van der Waals surface area contributed by atoms with E-state index in [9.17, 15) is 9.90 Å². The molecule has 0 fully saturated rings. The Morgan fingerprint density at radius 3 is 2.73 bits per heavy atom. The van der Waals surface area contributed by atoms with E-state index >= 15 is 0 Å². The van der Waals surface area contributed by atoms with Crippen LogP contribution in [0.1, 0.15) is 13.8 Å². The smallest absolute Gasteiger partial charge is 0.275 e. The second-order valence-electron chi connectivity index (χ2n) is 6.64. The van der Waals surface area contributed by atoms with Gasteiger partial charge in [0.2, 0.25) is 0 Å². The van der Waals surface area contributed by atoms with Crippen molar-refractivity contribution in [3.8, 4) is 17.2 Å². The Hall–Kier alpha value is -2.32. The molecule has 0 saturated carbocycles. The highest BCUT2D eigenvalue weighted by Gasteiger charge is 2.16. The van der Waals surface area contributed by atoms with Crippen LogP contribution in [0.2, 0.25) is 6.82 Å². The fourth-order valence-corrected chi connectivity index (χ4v) is 3.48. The van der Waals surface area contributed by atoms with Crippen molar-refractivity contribution < 1.29 is 14.6 Å². The van der Waals surface area contributed by atoms with Gasteiger partial charge in [0, 0.05) is 6.07 Å². The van der Waals surface area contributed by atoms with Gasteiger partial charge >= 0.3 is 0 Å². The summed E-state index contributed by atoms with van der Waals surface area (Å²) in [5.41, 5.74) is 0.312. The molecule has 1 aromatic carbocycles. The Balaban J connectivity index is 2.00. The van der Waals surface area contributed by atoms with Crippen LogP contribution in [0.5, 0.6) is 11.5 Å². The number of hydrogen-bond acceptors (Lipinski definition) is 6. The van der Waals surface area contributed by atoms with Crippen molar-refractivity contribution in [3.63, 3.8) is 0 Å². The lowest BCUT2D eigenvalue weighted by atomic mass is 9.81. The van der Waals surface area contributed by atoms with Crippen LogP contribution in [-0.4, -0.2) is 41.3 Å². The minimum atomic E-state index is -0.953. The van der Waals surface area contributed by atoms with E-state index in [4.69, 9.17) is 9.47 Å². The number of ether oxygens (including phenoxy) is 2. The molecule has 1 N–H and O–H groups in total. The van der Waals surface area contributed by atoms with E-state index in [1.54, 1.807) is 32.0 Å². The average Bonchev–Trinajstić information content (AvgIpc) is 3.04. The highest BCUT2D eigenvalue weighted by molar-refractivity contribution is 7.27. The zero-order valence-corrected chi connectivity index (χ0v) is 16.1. The lowest BCUT2D eigenvalue weighted by Gasteiger charge is -2.19. The molecule has 3 aromatic rings. The molecule has 0 unspecified atom stereocenters. The number of nitrogens with zero attached hydrogens (tertiary/aromatic N) is 2. The van der Waals surface area contributed by atoms with Crippen LogP contribution in [0, 0.1) is 0 Å². The molecule has 2 aromatic heterocycles. The van der Waals surface area contributed by atoms with Gasteiger partial charge in [-0.05, 0) is 36.8 Å². The van der Waals surface area contributed by atoms with Gasteiger partial charge < -0.3 is 14.6 Å². The van der Waals surface area contributed by atoms with Crippen molar-refractivity contribution in [1.82, 2.24) is 9.55 Å². The van der Waals surface area contributed by atoms with Gasteiger partial charge in [0.05, 0.1) is 23.9 Å². The molecule has 8 heteroatoms. The summed E-state index contributed by atoms with van der Waals surface area (Å²) in [6.45, 7) is 5.52. The number of hydrogen-bond donors (Lipinski definition) is 1. The molecule has 0 spiro atoms. The van der Waals surface area contributed by atoms with Gasteiger partial charge in [-0.15, -0.1) is 11.3 Å². The number of aliphatic hydroxyl groups is 1. The lowest BCUT2D eigenvalue weighted by Crippen LogP contribution is -2.28. The quantitative estimate of drug-likeness (QED) is 0.667. The fraction of sp³-hybridized carbons (Fsp3) is 0.333. The first-order valence-electron chi connectivity index (χ1n) is 8.36. The summed E-state index contributed by atoms with van der Waals surface area (Å²) in [4.78, 5) is 17.2. The van der Waals surface area contributed by atoms with E-state index < -0.39 is 5.60 Å². The van der Waals surface area contributed by atoms with Gasteiger partial charge in [0.25, 0.3) is 5.56 Å². The summed E-state index contributed by atoms with van der Waals surface area (Å²) in [5.74, 6) is 0.990. The van der Waals surface area contributed by atoms with E-state index in [2.05, 4.69) is 11.8 Å². The van der Waals surface area contributed by atoms with Gasteiger partial charge in [-0.25, -0.2) is 4.98 Å². The number of thiophene rings is 1. The van der Waals surface area contributed by atoms with Gasteiger partial charge in [-0.3, -0.25) is 9.36 Å². The molecule has 0 saturated heterocycles. The number of benzene rings is 1. The molecule has 0 bridgehead atoms. The Morgan fingerprint density at radius 1 is 1.31 bits per heavy atom. The van der Waals surface area contributed by atoms with Gasteiger partial charge in [-0.2, -0.15) is 0 Å². The second-order valence-corrected chi connectivity index (χ2v) is 7.77. The van der Waals surface area contributed by atoms with E-state index in [0.717, 1.165) is 17.6 Å². The number of fused-ring (bicyclic) bond motifs is 1. The molecule has 136 valence electrons. The van der Waals surface area contributed by atoms with E-state index in [1.165, 1.54) is 29.3 Å². The van der Waals surface area contributed by atoms with Crippen LogP contribution in [0.4, 0.5) is 0 Å². The summed E-state index contributed by atoms with van der Waals surface area (Å²) in [6, 6.07) is 7.18. The summed E-state index contributed by atoms with van der Waals surface area (Å²) in [6.07, 6.45) is 1.53.